The second kappa shape index (κ2) is 7.20. The molecule has 1 atom stereocenters. The molecule has 0 unspecified atom stereocenters. The van der Waals surface area contributed by atoms with E-state index in [1.54, 1.807) is 0 Å². The van der Waals surface area contributed by atoms with E-state index in [-0.39, 0.29) is 6.04 Å². The van der Waals surface area contributed by atoms with Gasteiger partial charge >= 0.3 is 0 Å². The fraction of sp³-hybridized carbons (Fsp3) is 1.00. The monoisotopic (exact) mass is 303 g/mol. The highest BCUT2D eigenvalue weighted by molar-refractivity contribution is 7.89. The van der Waals surface area contributed by atoms with Gasteiger partial charge in [0.05, 0.1) is 5.75 Å². The van der Waals surface area contributed by atoms with Crippen LogP contribution in [0, 0.1) is 5.92 Å². The summed E-state index contributed by atoms with van der Waals surface area (Å²) in [5.74, 6) is 0.722. The standard InChI is InChI=1S/C14H29N3O2S/c1-3-16-7-9-17(10-8-16)13(2)11-15-20(18,19)12-14-5-4-6-14/h13-15H,3-12H2,1-2H3/t13-/m1/s1. The third-order valence-electron chi connectivity index (χ3n) is 4.76. The number of nitrogens with one attached hydrogen (secondary N) is 1. The normalized spacial score (nSPS) is 24.5. The van der Waals surface area contributed by atoms with E-state index in [4.69, 9.17) is 0 Å². The molecule has 1 aliphatic carbocycles. The van der Waals surface area contributed by atoms with Crippen LogP contribution in [0.15, 0.2) is 0 Å². The quantitative estimate of drug-likeness (QED) is 0.753. The Morgan fingerprint density at radius 3 is 2.35 bits per heavy atom. The maximum absolute atomic E-state index is 12.0. The minimum Gasteiger partial charge on any atom is -0.301 e. The van der Waals surface area contributed by atoms with Crippen LogP contribution in [0.3, 0.4) is 0 Å². The Bertz CT molecular complexity index is 387. The van der Waals surface area contributed by atoms with Crippen LogP contribution in [-0.2, 0) is 10.0 Å². The van der Waals surface area contributed by atoms with Crippen molar-refractivity contribution in [3.8, 4) is 0 Å². The molecule has 0 aromatic heterocycles. The molecule has 0 radical (unpaired) electrons. The highest BCUT2D eigenvalue weighted by Gasteiger charge is 2.26. The van der Waals surface area contributed by atoms with Crippen LogP contribution in [0.2, 0.25) is 0 Å². The smallest absolute Gasteiger partial charge is 0.211 e. The molecule has 0 bridgehead atoms. The van der Waals surface area contributed by atoms with Gasteiger partial charge in [0.25, 0.3) is 0 Å². The Morgan fingerprint density at radius 1 is 1.20 bits per heavy atom. The van der Waals surface area contributed by atoms with Gasteiger partial charge in [-0.3, -0.25) is 4.90 Å². The summed E-state index contributed by atoms with van der Waals surface area (Å²) < 4.78 is 26.8. The van der Waals surface area contributed by atoms with E-state index in [2.05, 4.69) is 28.4 Å². The van der Waals surface area contributed by atoms with Gasteiger partial charge in [0, 0.05) is 38.8 Å². The van der Waals surface area contributed by atoms with Crippen molar-refractivity contribution in [1.82, 2.24) is 14.5 Å². The number of hydrogen-bond acceptors (Lipinski definition) is 4. The molecule has 1 aliphatic heterocycles. The lowest BCUT2D eigenvalue weighted by atomic mass is 9.87. The van der Waals surface area contributed by atoms with Crippen molar-refractivity contribution in [3.63, 3.8) is 0 Å². The first-order valence-electron chi connectivity index (χ1n) is 7.94. The van der Waals surface area contributed by atoms with Gasteiger partial charge in [-0.25, -0.2) is 13.1 Å². The third kappa shape index (κ3) is 4.69. The van der Waals surface area contributed by atoms with E-state index in [0.717, 1.165) is 45.6 Å². The molecule has 1 heterocycles. The maximum Gasteiger partial charge on any atom is 0.211 e. The Hall–Kier alpha value is -0.170. The summed E-state index contributed by atoms with van der Waals surface area (Å²) >= 11 is 0. The van der Waals surface area contributed by atoms with Crippen molar-refractivity contribution in [3.05, 3.63) is 0 Å². The Balaban J connectivity index is 1.70. The number of hydrogen-bond donors (Lipinski definition) is 1. The summed E-state index contributed by atoms with van der Waals surface area (Å²) in [6, 6.07) is 0.283. The van der Waals surface area contributed by atoms with Crippen molar-refractivity contribution in [2.45, 2.75) is 39.2 Å². The summed E-state index contributed by atoms with van der Waals surface area (Å²) in [5.41, 5.74) is 0. The van der Waals surface area contributed by atoms with E-state index in [9.17, 15) is 8.42 Å². The van der Waals surface area contributed by atoms with Crippen molar-refractivity contribution >= 4 is 10.0 Å². The molecule has 0 aromatic rings. The number of rotatable bonds is 7. The molecule has 1 N–H and O–H groups in total. The van der Waals surface area contributed by atoms with Crippen LogP contribution in [-0.4, -0.2) is 69.3 Å². The zero-order chi connectivity index (χ0) is 14.6. The molecule has 1 saturated heterocycles. The summed E-state index contributed by atoms with van der Waals surface area (Å²) in [7, 11) is -3.08. The van der Waals surface area contributed by atoms with Crippen LogP contribution in [0.25, 0.3) is 0 Å². The van der Waals surface area contributed by atoms with Crippen molar-refractivity contribution in [1.29, 1.82) is 0 Å². The second-order valence-electron chi connectivity index (χ2n) is 6.25. The van der Waals surface area contributed by atoms with Crippen molar-refractivity contribution < 1.29 is 8.42 Å². The molecule has 118 valence electrons. The minimum absolute atomic E-state index is 0.283. The fourth-order valence-corrected chi connectivity index (χ4v) is 4.49. The van der Waals surface area contributed by atoms with Crippen molar-refractivity contribution in [2.24, 2.45) is 5.92 Å². The third-order valence-corrected chi connectivity index (χ3v) is 6.27. The van der Waals surface area contributed by atoms with E-state index >= 15 is 0 Å². The van der Waals surface area contributed by atoms with E-state index in [0.29, 0.717) is 18.2 Å². The lowest BCUT2D eigenvalue weighted by molar-refractivity contribution is 0.107. The first-order valence-corrected chi connectivity index (χ1v) is 9.59. The lowest BCUT2D eigenvalue weighted by Gasteiger charge is -2.37. The largest absolute Gasteiger partial charge is 0.301 e. The lowest BCUT2D eigenvalue weighted by Crippen LogP contribution is -2.52. The molecule has 2 rings (SSSR count). The highest BCUT2D eigenvalue weighted by Crippen LogP contribution is 2.27. The Kier molecular flexibility index (Phi) is 5.84. The molecule has 0 spiro atoms. The maximum atomic E-state index is 12.0. The van der Waals surface area contributed by atoms with Crippen LogP contribution in [0.4, 0.5) is 0 Å². The Labute approximate surface area is 123 Å². The molecule has 5 nitrogen and oxygen atoms in total. The van der Waals surface area contributed by atoms with Crippen LogP contribution in [0.5, 0.6) is 0 Å². The predicted octanol–water partition coefficient (Wildman–Crippen LogP) is 0.732. The predicted molar refractivity (Wildman–Crippen MR) is 82.3 cm³/mol. The van der Waals surface area contributed by atoms with Crippen LogP contribution >= 0.6 is 0 Å². The van der Waals surface area contributed by atoms with Gasteiger partial charge in [0.1, 0.15) is 0 Å². The molecule has 2 fully saturated rings. The zero-order valence-corrected chi connectivity index (χ0v) is 13.7. The average Bonchev–Trinajstić information content (AvgIpc) is 2.41. The first kappa shape index (κ1) is 16.2. The molecule has 6 heteroatoms. The van der Waals surface area contributed by atoms with E-state index in [1.807, 2.05) is 0 Å². The molecular weight excluding hydrogens is 274 g/mol. The topological polar surface area (TPSA) is 52.6 Å². The molecule has 20 heavy (non-hydrogen) atoms. The number of piperazine rings is 1. The molecule has 0 aromatic carbocycles. The second-order valence-corrected chi connectivity index (χ2v) is 8.10. The molecular formula is C14H29N3O2S. The van der Waals surface area contributed by atoms with Gasteiger partial charge in [-0.15, -0.1) is 0 Å². The minimum atomic E-state index is -3.08. The summed E-state index contributed by atoms with van der Waals surface area (Å²) in [6.07, 6.45) is 3.35. The van der Waals surface area contributed by atoms with Gasteiger partial charge in [-0.05, 0) is 32.2 Å². The van der Waals surface area contributed by atoms with Gasteiger partial charge in [-0.1, -0.05) is 13.3 Å². The molecule has 1 saturated carbocycles. The summed E-state index contributed by atoms with van der Waals surface area (Å²) in [4.78, 5) is 4.82. The van der Waals surface area contributed by atoms with E-state index in [1.165, 1.54) is 6.42 Å². The number of nitrogens with zero attached hydrogens (tertiary/aromatic N) is 2. The average molecular weight is 303 g/mol. The number of sulfonamides is 1. The summed E-state index contributed by atoms with van der Waals surface area (Å²) in [6.45, 7) is 10.2. The fourth-order valence-electron chi connectivity index (χ4n) is 2.93. The SMILES string of the molecule is CCN1CCN([C@H](C)CNS(=O)(=O)CC2CCC2)CC1. The highest BCUT2D eigenvalue weighted by atomic mass is 32.2. The van der Waals surface area contributed by atoms with Crippen LogP contribution in [0.1, 0.15) is 33.1 Å². The van der Waals surface area contributed by atoms with Gasteiger partial charge in [0.15, 0.2) is 0 Å². The van der Waals surface area contributed by atoms with Gasteiger partial charge in [-0.2, -0.15) is 0 Å². The molecule has 2 aliphatic rings. The zero-order valence-electron chi connectivity index (χ0n) is 12.8. The van der Waals surface area contributed by atoms with E-state index < -0.39 is 10.0 Å². The first-order chi connectivity index (χ1) is 9.50. The van der Waals surface area contributed by atoms with Crippen LogP contribution < -0.4 is 4.72 Å². The Morgan fingerprint density at radius 2 is 1.85 bits per heavy atom. The van der Waals surface area contributed by atoms with Gasteiger partial charge in [0.2, 0.25) is 10.0 Å². The summed E-state index contributed by atoms with van der Waals surface area (Å²) in [5, 5.41) is 0. The van der Waals surface area contributed by atoms with Crippen molar-refractivity contribution in [2.75, 3.05) is 45.0 Å². The van der Waals surface area contributed by atoms with Gasteiger partial charge < -0.3 is 4.90 Å². The molecule has 0 amide bonds. The number of likely N-dealkylation sites (N-methyl/N-ethyl adjacent to an activating group) is 1.